The van der Waals surface area contributed by atoms with Crippen LogP contribution in [0.25, 0.3) is 0 Å². The summed E-state index contributed by atoms with van der Waals surface area (Å²) in [7, 11) is 0. The Bertz CT molecular complexity index is 299. The Hall–Kier alpha value is 8.03. The van der Waals surface area contributed by atoms with Crippen LogP contribution in [0.15, 0.2) is 0 Å². The van der Waals surface area contributed by atoms with E-state index < -0.39 is 0 Å². The van der Waals surface area contributed by atoms with Crippen LogP contribution in [0.3, 0.4) is 0 Å². The van der Waals surface area contributed by atoms with Crippen molar-refractivity contribution in [1.82, 2.24) is 0 Å². The van der Waals surface area contributed by atoms with Crippen molar-refractivity contribution in [3.8, 4) is 0 Å². The van der Waals surface area contributed by atoms with Crippen molar-refractivity contribution in [1.29, 1.82) is 0 Å². The third kappa shape index (κ3) is 3.71. The van der Waals surface area contributed by atoms with Crippen molar-refractivity contribution >= 4 is 248 Å². The minimum Gasteiger partial charge on any atom is -0.0778 e. The van der Waals surface area contributed by atoms with Crippen LogP contribution in [0.2, 0.25) is 0 Å². The standard InChI is InChI=1S/C6HI11/c7-1-2(8,9)4(12,13)6(16,17)5(14,15)3(1,10)11/h1H. The fraction of sp³-hybridized carbons (Fsp3) is 1.00. The molecule has 0 bridgehead atoms. The normalized spacial score (nSPS) is 33.4. The van der Waals surface area contributed by atoms with E-state index in [1.54, 1.807) is 0 Å². The molecule has 0 unspecified atom stereocenters. The van der Waals surface area contributed by atoms with Crippen molar-refractivity contribution in [3.05, 3.63) is 0 Å². The first-order chi connectivity index (χ1) is 7.15. The van der Waals surface area contributed by atoms with Gasteiger partial charge in [0, 0.05) is 0 Å². The first-order valence-corrected chi connectivity index (χ1v) is 15.7. The van der Waals surface area contributed by atoms with Gasteiger partial charge in [0.25, 0.3) is 0 Å². The highest BCUT2D eigenvalue weighted by Crippen LogP contribution is 2.79. The van der Waals surface area contributed by atoms with Gasteiger partial charge in [-0.05, 0) is 0 Å². The zero-order valence-electron chi connectivity index (χ0n) is 7.23. The Labute approximate surface area is 251 Å². The average Bonchev–Trinajstić information content (AvgIpc) is 2.13. The maximum Gasteiger partial charge on any atom is 0.125 e. The summed E-state index contributed by atoms with van der Waals surface area (Å²) >= 11 is 29.3. The quantitative estimate of drug-likeness (QED) is 0.169. The molecule has 0 heterocycles. The summed E-state index contributed by atoms with van der Waals surface area (Å²) in [6, 6.07) is 0. The molecule has 0 spiro atoms. The molecule has 102 valence electrons. The lowest BCUT2D eigenvalue weighted by molar-refractivity contribution is 0.595. The highest BCUT2D eigenvalue weighted by molar-refractivity contribution is 14.2. The van der Waals surface area contributed by atoms with Crippen molar-refractivity contribution in [2.45, 2.75) is 11.1 Å². The van der Waals surface area contributed by atoms with Gasteiger partial charge in [-0.15, -0.1) is 0 Å². The van der Waals surface area contributed by atoms with Gasteiger partial charge in [-0.1, -0.05) is 248 Å². The highest BCUT2D eigenvalue weighted by Gasteiger charge is 2.78. The maximum absolute atomic E-state index is 2.67. The molecule has 11 heteroatoms. The summed E-state index contributed by atoms with van der Waals surface area (Å²) in [6.07, 6.45) is 0. The van der Waals surface area contributed by atoms with Crippen LogP contribution in [-0.4, -0.2) is 11.1 Å². The molecular weight excluding hydrogens is 1470 g/mol. The zero-order chi connectivity index (χ0) is 14.1. The summed E-state index contributed by atoms with van der Waals surface area (Å²) in [5.41, 5.74) is 0. The lowest BCUT2D eigenvalue weighted by Crippen LogP contribution is -2.72. The van der Waals surface area contributed by atoms with Crippen molar-refractivity contribution < 1.29 is 0 Å². The van der Waals surface area contributed by atoms with Crippen LogP contribution < -0.4 is 0 Å². The molecule has 0 N–H and O–H groups in total. The second-order valence-electron chi connectivity index (χ2n) is 3.33. The first-order valence-electron chi connectivity index (χ1n) is 3.69. The number of alkyl halides is 11. The Morgan fingerprint density at radius 1 is 0.471 bits per heavy atom. The van der Waals surface area contributed by atoms with Crippen molar-refractivity contribution in [3.63, 3.8) is 0 Å². The van der Waals surface area contributed by atoms with Crippen LogP contribution in [0.1, 0.15) is 0 Å². The molecular formula is C6HI11. The lowest BCUT2D eigenvalue weighted by Gasteiger charge is -2.61. The molecule has 0 amide bonds. The van der Waals surface area contributed by atoms with E-state index in [1.807, 2.05) is 0 Å². The summed E-state index contributed by atoms with van der Waals surface area (Å²) in [4.78, 5) is 0. The van der Waals surface area contributed by atoms with E-state index in [0.29, 0.717) is 3.92 Å². The molecule has 1 fully saturated rings. The van der Waals surface area contributed by atoms with Gasteiger partial charge in [0.15, 0.2) is 0 Å². The zero-order valence-corrected chi connectivity index (χ0v) is 31.0. The van der Waals surface area contributed by atoms with Crippen molar-refractivity contribution in [2.24, 2.45) is 0 Å². The van der Waals surface area contributed by atoms with Crippen molar-refractivity contribution in [2.75, 3.05) is 0 Å². The van der Waals surface area contributed by atoms with Gasteiger partial charge in [-0.3, -0.25) is 0 Å². The number of halogens is 11. The number of hydrogen-bond acceptors (Lipinski definition) is 0. The molecule has 0 saturated heterocycles. The maximum atomic E-state index is 2.67. The molecule has 0 radical (unpaired) electrons. The van der Waals surface area contributed by atoms with Crippen LogP contribution in [0, 0.1) is 0 Å². The fourth-order valence-electron chi connectivity index (χ4n) is 1.16. The van der Waals surface area contributed by atoms with Gasteiger partial charge in [-0.25, -0.2) is 0 Å². The first kappa shape index (κ1) is 23.1. The van der Waals surface area contributed by atoms with Crippen LogP contribution >= 0.6 is 248 Å². The van der Waals surface area contributed by atoms with E-state index in [-0.39, 0.29) is 7.14 Å². The molecule has 0 aromatic rings. The Balaban J connectivity index is 3.56. The van der Waals surface area contributed by atoms with Gasteiger partial charge in [0.1, 0.15) is 7.14 Å². The molecule has 0 nitrogen and oxygen atoms in total. The van der Waals surface area contributed by atoms with E-state index in [4.69, 9.17) is 0 Å². The molecule has 0 aromatic carbocycles. The number of hydrogen-bond donors (Lipinski definition) is 0. The Kier molecular flexibility index (Phi) is 10.3. The predicted molar refractivity (Wildman–Crippen MR) is 172 cm³/mol. The molecule has 1 saturated carbocycles. The van der Waals surface area contributed by atoms with Gasteiger partial charge < -0.3 is 0 Å². The number of rotatable bonds is 0. The smallest absolute Gasteiger partial charge is 0.0778 e. The summed E-state index contributed by atoms with van der Waals surface area (Å²) in [5, 5.41) is 0. The third-order valence-corrected chi connectivity index (χ3v) is 41.0. The van der Waals surface area contributed by atoms with Gasteiger partial charge in [0.05, 0.1) is 3.92 Å². The molecule has 0 aromatic heterocycles. The minimum absolute atomic E-state index is 0.171. The monoisotopic (exact) mass is 1470 g/mol. The predicted octanol–water partition coefficient (Wildman–Crippen LogP) is 8.64. The van der Waals surface area contributed by atoms with E-state index in [0.717, 1.165) is 0 Å². The van der Waals surface area contributed by atoms with E-state index >= 15 is 0 Å². The van der Waals surface area contributed by atoms with Crippen LogP contribution in [0.5, 0.6) is 0 Å². The second kappa shape index (κ2) is 7.57. The van der Waals surface area contributed by atoms with Crippen LogP contribution in [0.4, 0.5) is 0 Å². The Morgan fingerprint density at radius 3 is 0.941 bits per heavy atom. The summed E-state index contributed by atoms with van der Waals surface area (Å²) in [6.45, 7) is 0. The fourth-order valence-corrected chi connectivity index (χ4v) is 21.1. The molecule has 1 rings (SSSR count). The highest BCUT2D eigenvalue weighted by atomic mass is 127. The van der Waals surface area contributed by atoms with Gasteiger partial charge in [-0.2, -0.15) is 0 Å². The third-order valence-electron chi connectivity index (χ3n) is 2.26. The molecule has 0 aliphatic heterocycles. The molecule has 0 atom stereocenters. The largest absolute Gasteiger partial charge is 0.125 e. The second-order valence-corrected chi connectivity index (χ2v) is 31.4. The van der Waals surface area contributed by atoms with E-state index in [9.17, 15) is 0 Å². The van der Waals surface area contributed by atoms with Gasteiger partial charge >= 0.3 is 0 Å². The molecule has 1 aliphatic carbocycles. The average molecular weight is 1470 g/mol. The SMILES string of the molecule is IC1C(I)(I)C(I)(I)C(I)(I)C(I)(I)C1(I)I. The van der Waals surface area contributed by atoms with E-state index in [2.05, 4.69) is 248 Å². The summed E-state index contributed by atoms with van der Waals surface area (Å²) in [5.74, 6) is 0. The van der Waals surface area contributed by atoms with Gasteiger partial charge in [0.2, 0.25) is 0 Å². The minimum atomic E-state index is 0.171. The summed E-state index contributed by atoms with van der Waals surface area (Å²) < 4.78 is 1.57. The molecule has 17 heavy (non-hydrogen) atoms. The van der Waals surface area contributed by atoms with E-state index in [1.165, 1.54) is 0 Å². The Morgan fingerprint density at radius 2 is 0.706 bits per heavy atom. The van der Waals surface area contributed by atoms with Crippen LogP contribution in [-0.2, 0) is 0 Å². The lowest BCUT2D eigenvalue weighted by atomic mass is 10.00. The molecule has 1 aliphatic rings. The topological polar surface area (TPSA) is 0 Å².